The van der Waals surface area contributed by atoms with Gasteiger partial charge in [-0.25, -0.2) is 0 Å². The molecule has 1 heterocycles. The molecule has 0 aromatic rings. The molecule has 1 saturated heterocycles. The summed E-state index contributed by atoms with van der Waals surface area (Å²) in [7, 11) is 0. The van der Waals surface area contributed by atoms with Gasteiger partial charge < -0.3 is 9.47 Å². The summed E-state index contributed by atoms with van der Waals surface area (Å²) in [5.41, 5.74) is 0.0997. The number of rotatable bonds is 4. The topological polar surface area (TPSA) is 52.6 Å². The molecule has 16 heavy (non-hydrogen) atoms. The molecule has 0 aliphatic carbocycles. The minimum atomic E-state index is -1.19. The van der Waals surface area contributed by atoms with Gasteiger partial charge in [-0.3, -0.25) is 9.59 Å². The molecule has 1 aliphatic heterocycles. The smallest absolute Gasteiger partial charge is 0.322 e. The van der Waals surface area contributed by atoms with Crippen molar-refractivity contribution in [2.45, 2.75) is 19.8 Å². The van der Waals surface area contributed by atoms with Crippen LogP contribution in [0.5, 0.6) is 0 Å². The fourth-order valence-corrected chi connectivity index (χ4v) is 1.76. The molecule has 90 valence electrons. The highest BCUT2D eigenvalue weighted by Crippen LogP contribution is 2.31. The van der Waals surface area contributed by atoms with E-state index in [1.807, 2.05) is 0 Å². The SMILES string of the molecule is CCOC(=O)C1(C/C=C/Cl)COCCC1=O. The monoisotopic (exact) mass is 246 g/mol. The van der Waals surface area contributed by atoms with Gasteiger partial charge in [-0.2, -0.15) is 0 Å². The summed E-state index contributed by atoms with van der Waals surface area (Å²) in [6, 6.07) is 0. The van der Waals surface area contributed by atoms with Crippen LogP contribution in [0, 0.1) is 5.41 Å². The van der Waals surface area contributed by atoms with Gasteiger partial charge in [-0.15, -0.1) is 0 Å². The van der Waals surface area contributed by atoms with Gasteiger partial charge in [0.25, 0.3) is 0 Å². The second-order valence-electron chi connectivity index (χ2n) is 3.59. The summed E-state index contributed by atoms with van der Waals surface area (Å²) in [5.74, 6) is -0.651. The number of esters is 1. The Bertz CT molecular complexity index is 300. The minimum Gasteiger partial charge on any atom is -0.465 e. The molecule has 1 rings (SSSR count). The van der Waals surface area contributed by atoms with Crippen molar-refractivity contribution >= 4 is 23.4 Å². The lowest BCUT2D eigenvalue weighted by Crippen LogP contribution is -2.47. The number of carbonyl (C=O) groups is 2. The van der Waals surface area contributed by atoms with E-state index in [4.69, 9.17) is 21.1 Å². The Morgan fingerprint density at radius 3 is 3.00 bits per heavy atom. The van der Waals surface area contributed by atoms with Crippen molar-refractivity contribution in [3.8, 4) is 0 Å². The molecule has 5 heteroatoms. The Morgan fingerprint density at radius 1 is 1.69 bits per heavy atom. The molecule has 0 radical (unpaired) electrons. The molecular weight excluding hydrogens is 232 g/mol. The van der Waals surface area contributed by atoms with Crippen LogP contribution in [0.15, 0.2) is 11.6 Å². The Balaban J connectivity index is 2.89. The second-order valence-corrected chi connectivity index (χ2v) is 3.85. The first-order valence-electron chi connectivity index (χ1n) is 5.21. The number of ketones is 1. The van der Waals surface area contributed by atoms with Crippen molar-refractivity contribution in [3.05, 3.63) is 11.6 Å². The van der Waals surface area contributed by atoms with Crippen molar-refractivity contribution in [1.82, 2.24) is 0 Å². The van der Waals surface area contributed by atoms with E-state index in [0.29, 0.717) is 6.61 Å². The summed E-state index contributed by atoms with van der Waals surface area (Å²) in [4.78, 5) is 23.7. The van der Waals surface area contributed by atoms with Crippen LogP contribution in [0.2, 0.25) is 0 Å². The summed E-state index contributed by atoms with van der Waals surface area (Å²) in [6.45, 7) is 2.39. The third-order valence-corrected chi connectivity index (χ3v) is 2.76. The Hall–Kier alpha value is -0.870. The Morgan fingerprint density at radius 2 is 2.44 bits per heavy atom. The zero-order valence-corrected chi connectivity index (χ0v) is 9.96. The predicted octanol–water partition coefficient (Wildman–Crippen LogP) is 1.67. The largest absolute Gasteiger partial charge is 0.465 e. The zero-order valence-electron chi connectivity index (χ0n) is 9.20. The van der Waals surface area contributed by atoms with Gasteiger partial charge in [0.1, 0.15) is 0 Å². The number of hydrogen-bond donors (Lipinski definition) is 0. The van der Waals surface area contributed by atoms with Crippen LogP contribution in [0.1, 0.15) is 19.8 Å². The maximum absolute atomic E-state index is 11.9. The lowest BCUT2D eigenvalue weighted by atomic mass is 9.78. The lowest BCUT2D eigenvalue weighted by Gasteiger charge is -2.32. The van der Waals surface area contributed by atoms with E-state index in [9.17, 15) is 9.59 Å². The van der Waals surface area contributed by atoms with Gasteiger partial charge in [-0.05, 0) is 13.3 Å². The molecule has 0 spiro atoms. The van der Waals surface area contributed by atoms with Gasteiger partial charge in [-0.1, -0.05) is 17.7 Å². The molecule has 1 aliphatic rings. The van der Waals surface area contributed by atoms with Crippen LogP contribution in [0.25, 0.3) is 0 Å². The van der Waals surface area contributed by atoms with Crippen LogP contribution in [0.3, 0.4) is 0 Å². The van der Waals surface area contributed by atoms with E-state index >= 15 is 0 Å². The van der Waals surface area contributed by atoms with Gasteiger partial charge in [0.05, 0.1) is 19.8 Å². The molecule has 0 amide bonds. The maximum atomic E-state index is 11.9. The van der Waals surface area contributed by atoms with Gasteiger partial charge in [0.2, 0.25) is 0 Å². The number of halogens is 1. The van der Waals surface area contributed by atoms with E-state index < -0.39 is 11.4 Å². The normalized spacial score (nSPS) is 26.0. The Labute approximate surface area is 99.5 Å². The van der Waals surface area contributed by atoms with Crippen LogP contribution >= 0.6 is 11.6 Å². The van der Waals surface area contributed by atoms with Gasteiger partial charge >= 0.3 is 5.97 Å². The standard InChI is InChI=1S/C11H15ClO4/c1-2-16-10(14)11(5-3-6-12)8-15-7-4-9(11)13/h3,6H,2,4-5,7-8H2,1H3/b6-3+. The molecule has 1 unspecified atom stereocenters. The maximum Gasteiger partial charge on any atom is 0.322 e. The highest BCUT2D eigenvalue weighted by atomic mass is 35.5. The number of Topliss-reactive ketones (excluding diaryl/α,β-unsaturated/α-hetero) is 1. The second kappa shape index (κ2) is 6.01. The van der Waals surface area contributed by atoms with E-state index in [2.05, 4.69) is 0 Å². The summed E-state index contributed by atoms with van der Waals surface area (Å²) in [5, 5.41) is 0. The molecule has 0 N–H and O–H groups in total. The van der Waals surface area contributed by atoms with Crippen molar-refractivity contribution in [1.29, 1.82) is 0 Å². The molecule has 1 atom stereocenters. The van der Waals surface area contributed by atoms with E-state index in [-0.39, 0.29) is 31.8 Å². The van der Waals surface area contributed by atoms with E-state index in [1.54, 1.807) is 13.0 Å². The van der Waals surface area contributed by atoms with Crippen LogP contribution in [-0.2, 0) is 19.1 Å². The molecule has 0 bridgehead atoms. The summed E-state index contributed by atoms with van der Waals surface area (Å²) < 4.78 is 10.2. The average Bonchev–Trinajstić information content (AvgIpc) is 2.28. The quantitative estimate of drug-likeness (QED) is 0.559. The summed E-state index contributed by atoms with van der Waals surface area (Å²) in [6.07, 6.45) is 2.05. The lowest BCUT2D eigenvalue weighted by molar-refractivity contribution is -0.168. The number of ether oxygens (including phenoxy) is 2. The molecule has 0 aromatic carbocycles. The zero-order chi connectivity index (χ0) is 12.0. The van der Waals surface area contributed by atoms with Crippen molar-refractivity contribution < 1.29 is 19.1 Å². The molecule has 1 fully saturated rings. The fourth-order valence-electron chi connectivity index (χ4n) is 1.67. The molecular formula is C11H15ClO4. The average molecular weight is 247 g/mol. The fraction of sp³-hybridized carbons (Fsp3) is 0.636. The third kappa shape index (κ3) is 2.62. The number of hydrogen-bond acceptors (Lipinski definition) is 4. The number of allylic oxidation sites excluding steroid dienone is 1. The highest BCUT2D eigenvalue weighted by molar-refractivity contribution is 6.25. The van der Waals surface area contributed by atoms with Crippen molar-refractivity contribution in [2.24, 2.45) is 5.41 Å². The third-order valence-electron chi connectivity index (χ3n) is 2.58. The first-order valence-corrected chi connectivity index (χ1v) is 5.64. The Kier molecular flexibility index (Phi) is 4.96. The number of carbonyl (C=O) groups excluding carboxylic acids is 2. The summed E-state index contributed by atoms with van der Waals surface area (Å²) >= 11 is 5.43. The molecule has 4 nitrogen and oxygen atoms in total. The molecule has 0 saturated carbocycles. The van der Waals surface area contributed by atoms with Crippen LogP contribution in [0.4, 0.5) is 0 Å². The van der Waals surface area contributed by atoms with Crippen LogP contribution in [-0.4, -0.2) is 31.6 Å². The first kappa shape index (κ1) is 13.2. The van der Waals surface area contributed by atoms with Crippen LogP contribution < -0.4 is 0 Å². The van der Waals surface area contributed by atoms with Gasteiger partial charge in [0, 0.05) is 12.0 Å². The van der Waals surface area contributed by atoms with E-state index in [1.165, 1.54) is 5.54 Å². The minimum absolute atomic E-state index is 0.0753. The van der Waals surface area contributed by atoms with E-state index in [0.717, 1.165) is 0 Å². The highest BCUT2D eigenvalue weighted by Gasteiger charge is 2.48. The van der Waals surface area contributed by atoms with Crippen molar-refractivity contribution in [3.63, 3.8) is 0 Å². The molecule has 0 aromatic heterocycles. The predicted molar refractivity (Wildman–Crippen MR) is 59.1 cm³/mol. The van der Waals surface area contributed by atoms with Gasteiger partial charge in [0.15, 0.2) is 11.2 Å². The van der Waals surface area contributed by atoms with Crippen molar-refractivity contribution in [2.75, 3.05) is 19.8 Å². The first-order chi connectivity index (χ1) is 7.67.